The van der Waals surface area contributed by atoms with E-state index < -0.39 is 8.56 Å². The van der Waals surface area contributed by atoms with E-state index in [2.05, 4.69) is 37.4 Å². The van der Waals surface area contributed by atoms with Crippen molar-refractivity contribution < 1.29 is 8.85 Å². The summed E-state index contributed by atoms with van der Waals surface area (Å²) in [5.41, 5.74) is 2.41. The van der Waals surface area contributed by atoms with Crippen LogP contribution in [0.4, 0.5) is 0 Å². The smallest absolute Gasteiger partial charge is 0.339 e. The molecule has 1 aromatic rings. The Hall–Kier alpha value is -0.903. The van der Waals surface area contributed by atoms with Crippen LogP contribution >= 0.6 is 0 Å². The zero-order chi connectivity index (χ0) is 12.7. The zero-order valence-corrected chi connectivity index (χ0v) is 12.0. The largest absolute Gasteiger partial charge is 0.394 e. The second-order valence-corrected chi connectivity index (χ2v) is 7.32. The highest BCUT2D eigenvalue weighted by molar-refractivity contribution is 6.65. The fraction of sp³-hybridized carbons (Fsp3) is 0.429. The summed E-state index contributed by atoms with van der Waals surface area (Å²) >= 11 is 0. The molecule has 94 valence electrons. The van der Waals surface area contributed by atoms with E-state index in [0.717, 1.165) is 11.6 Å². The lowest BCUT2D eigenvalue weighted by atomic mass is 10.1. The molecule has 0 radical (unpaired) electrons. The Balaban J connectivity index is 2.74. The molecule has 0 bridgehead atoms. The van der Waals surface area contributed by atoms with Crippen LogP contribution in [0.15, 0.2) is 30.8 Å². The molecule has 3 heteroatoms. The highest BCUT2D eigenvalue weighted by Gasteiger charge is 2.30. The van der Waals surface area contributed by atoms with E-state index in [9.17, 15) is 0 Å². The molecule has 0 amide bonds. The van der Waals surface area contributed by atoms with E-state index >= 15 is 0 Å². The van der Waals surface area contributed by atoms with E-state index in [4.69, 9.17) is 8.85 Å². The molecule has 0 fully saturated rings. The third-order valence-corrected chi connectivity index (χ3v) is 5.49. The van der Waals surface area contributed by atoms with Gasteiger partial charge in [-0.2, -0.15) is 0 Å². The lowest BCUT2D eigenvalue weighted by Gasteiger charge is -2.26. The lowest BCUT2D eigenvalue weighted by molar-refractivity contribution is 0.188. The van der Waals surface area contributed by atoms with Crippen molar-refractivity contribution >= 4 is 14.6 Å². The maximum atomic E-state index is 5.83. The molecular formula is C14H22O2Si. The van der Waals surface area contributed by atoms with E-state index in [0.29, 0.717) is 13.2 Å². The van der Waals surface area contributed by atoms with Gasteiger partial charge in [-0.25, -0.2) is 0 Å². The number of rotatable bonds is 7. The first kappa shape index (κ1) is 14.2. The van der Waals surface area contributed by atoms with Crippen molar-refractivity contribution in [3.8, 4) is 0 Å². The monoisotopic (exact) mass is 250 g/mol. The maximum absolute atomic E-state index is 5.83. The van der Waals surface area contributed by atoms with Gasteiger partial charge >= 0.3 is 8.56 Å². The van der Waals surface area contributed by atoms with Crippen LogP contribution in [0.2, 0.25) is 6.55 Å². The minimum absolute atomic E-state index is 0.716. The third kappa shape index (κ3) is 4.46. The van der Waals surface area contributed by atoms with E-state index in [-0.39, 0.29) is 0 Å². The molecule has 2 nitrogen and oxygen atoms in total. The molecule has 0 atom stereocenters. The van der Waals surface area contributed by atoms with Crippen LogP contribution in [0.1, 0.15) is 25.0 Å². The molecule has 0 aliphatic heterocycles. The maximum Gasteiger partial charge on any atom is 0.339 e. The summed E-state index contributed by atoms with van der Waals surface area (Å²) < 4.78 is 11.7. The molecular weight excluding hydrogens is 228 g/mol. The predicted octanol–water partition coefficient (Wildman–Crippen LogP) is 3.56. The quantitative estimate of drug-likeness (QED) is 0.689. The van der Waals surface area contributed by atoms with Crippen molar-refractivity contribution in [2.24, 2.45) is 0 Å². The molecule has 1 rings (SSSR count). The van der Waals surface area contributed by atoms with Gasteiger partial charge in [0.15, 0.2) is 0 Å². The Labute approximate surface area is 106 Å². The van der Waals surface area contributed by atoms with Crippen LogP contribution in [0.5, 0.6) is 0 Å². The Bertz CT molecular complexity index is 340. The van der Waals surface area contributed by atoms with Gasteiger partial charge in [-0.1, -0.05) is 36.9 Å². The summed E-state index contributed by atoms with van der Waals surface area (Å²) in [5.74, 6) is 0. The highest BCUT2D eigenvalue weighted by atomic mass is 28.4. The summed E-state index contributed by atoms with van der Waals surface area (Å²) in [5, 5.41) is 0. The van der Waals surface area contributed by atoms with Crippen molar-refractivity contribution in [3.05, 3.63) is 42.0 Å². The Morgan fingerprint density at radius 2 is 1.65 bits per heavy atom. The zero-order valence-electron chi connectivity index (χ0n) is 11.0. The van der Waals surface area contributed by atoms with Crippen molar-refractivity contribution in [2.45, 2.75) is 26.4 Å². The third-order valence-electron chi connectivity index (χ3n) is 2.64. The summed E-state index contributed by atoms with van der Waals surface area (Å²) in [6.07, 6.45) is 1.85. The van der Waals surface area contributed by atoms with Crippen LogP contribution < -0.4 is 0 Å². The summed E-state index contributed by atoms with van der Waals surface area (Å²) in [6, 6.07) is 9.30. The Morgan fingerprint density at radius 3 is 2.06 bits per heavy atom. The van der Waals surface area contributed by atoms with Gasteiger partial charge in [0.2, 0.25) is 0 Å². The van der Waals surface area contributed by atoms with Crippen LogP contribution in [0.25, 0.3) is 6.08 Å². The molecule has 1 aromatic carbocycles. The normalized spacial score (nSPS) is 11.5. The van der Waals surface area contributed by atoms with Crippen molar-refractivity contribution in [3.63, 3.8) is 0 Å². The first-order chi connectivity index (χ1) is 8.13. The van der Waals surface area contributed by atoms with Crippen LogP contribution in [-0.2, 0) is 14.9 Å². The second kappa shape index (κ2) is 6.74. The number of hydrogen-bond donors (Lipinski definition) is 0. The second-order valence-electron chi connectivity index (χ2n) is 4.12. The lowest BCUT2D eigenvalue weighted by Crippen LogP contribution is -2.41. The fourth-order valence-corrected chi connectivity index (χ4v) is 4.38. The molecule has 0 spiro atoms. The van der Waals surface area contributed by atoms with Gasteiger partial charge in [0.25, 0.3) is 0 Å². The van der Waals surface area contributed by atoms with Gasteiger partial charge < -0.3 is 8.85 Å². The number of benzene rings is 1. The van der Waals surface area contributed by atoms with Gasteiger partial charge in [-0.05, 0) is 31.5 Å². The Kier molecular flexibility index (Phi) is 5.61. The highest BCUT2D eigenvalue weighted by Crippen LogP contribution is 2.16. The molecule has 0 heterocycles. The fourth-order valence-electron chi connectivity index (χ4n) is 1.90. The Morgan fingerprint density at radius 1 is 1.12 bits per heavy atom. The molecule has 0 aliphatic carbocycles. The molecule has 0 unspecified atom stereocenters. The van der Waals surface area contributed by atoms with Crippen LogP contribution in [0.3, 0.4) is 0 Å². The standard InChI is InChI=1S/C14H22O2Si/c1-5-13-8-10-14(11-9-13)12-17(4,15-6-2)16-7-3/h5,8-11H,1,6-7,12H2,2-4H3. The summed E-state index contributed by atoms with van der Waals surface area (Å²) in [6.45, 7) is 11.3. The van der Waals surface area contributed by atoms with Crippen molar-refractivity contribution in [2.75, 3.05) is 13.2 Å². The SMILES string of the molecule is C=Cc1ccc(C[Si](C)(OCC)OCC)cc1. The van der Waals surface area contributed by atoms with E-state index in [1.807, 2.05) is 19.9 Å². The number of hydrogen-bond acceptors (Lipinski definition) is 2. The molecule has 17 heavy (non-hydrogen) atoms. The first-order valence-electron chi connectivity index (χ1n) is 6.13. The minimum Gasteiger partial charge on any atom is -0.394 e. The van der Waals surface area contributed by atoms with Crippen molar-refractivity contribution in [1.82, 2.24) is 0 Å². The van der Waals surface area contributed by atoms with Gasteiger partial charge in [0, 0.05) is 19.3 Å². The summed E-state index contributed by atoms with van der Waals surface area (Å²) in [4.78, 5) is 0. The molecule has 0 saturated carbocycles. The van der Waals surface area contributed by atoms with Gasteiger partial charge in [0.1, 0.15) is 0 Å². The topological polar surface area (TPSA) is 18.5 Å². The van der Waals surface area contributed by atoms with E-state index in [1.54, 1.807) is 0 Å². The predicted molar refractivity (Wildman–Crippen MR) is 75.1 cm³/mol. The van der Waals surface area contributed by atoms with Crippen molar-refractivity contribution in [1.29, 1.82) is 0 Å². The first-order valence-corrected chi connectivity index (χ1v) is 8.65. The van der Waals surface area contributed by atoms with Gasteiger partial charge in [-0.3, -0.25) is 0 Å². The average Bonchev–Trinajstić information content (AvgIpc) is 2.30. The summed E-state index contributed by atoms with van der Waals surface area (Å²) in [7, 11) is -2.04. The average molecular weight is 250 g/mol. The molecule has 0 aromatic heterocycles. The van der Waals surface area contributed by atoms with E-state index in [1.165, 1.54) is 5.56 Å². The molecule has 0 aliphatic rings. The minimum atomic E-state index is -2.04. The van der Waals surface area contributed by atoms with Crippen LogP contribution in [0, 0.1) is 0 Å². The molecule has 0 saturated heterocycles. The molecule has 0 N–H and O–H groups in total. The van der Waals surface area contributed by atoms with Gasteiger partial charge in [0.05, 0.1) is 0 Å². The van der Waals surface area contributed by atoms with Gasteiger partial charge in [-0.15, -0.1) is 0 Å². The van der Waals surface area contributed by atoms with Crippen LogP contribution in [-0.4, -0.2) is 21.8 Å².